The fourth-order valence-corrected chi connectivity index (χ4v) is 2.26. The summed E-state index contributed by atoms with van der Waals surface area (Å²) in [7, 11) is 1.64. The minimum absolute atomic E-state index is 0.0133. The highest BCUT2D eigenvalue weighted by atomic mass is 16.5. The fourth-order valence-electron chi connectivity index (χ4n) is 2.26. The SMILES string of the molecule is COCCN(CC1CCCN1)C(=O)c1ccnnc1. The van der Waals surface area contributed by atoms with Crippen LogP contribution in [0.5, 0.6) is 0 Å². The Hall–Kier alpha value is -1.53. The molecular weight excluding hydrogens is 244 g/mol. The van der Waals surface area contributed by atoms with E-state index in [0.717, 1.165) is 13.0 Å². The van der Waals surface area contributed by atoms with Crippen molar-refractivity contribution in [3.8, 4) is 0 Å². The summed E-state index contributed by atoms with van der Waals surface area (Å²) in [5.74, 6) is -0.0133. The van der Waals surface area contributed by atoms with Gasteiger partial charge in [-0.2, -0.15) is 10.2 Å². The lowest BCUT2D eigenvalue weighted by Gasteiger charge is -2.25. The van der Waals surface area contributed by atoms with Crippen LogP contribution in [-0.2, 0) is 4.74 Å². The molecule has 2 heterocycles. The minimum atomic E-state index is -0.0133. The van der Waals surface area contributed by atoms with Crippen molar-refractivity contribution in [2.24, 2.45) is 0 Å². The third-order valence-corrected chi connectivity index (χ3v) is 3.29. The lowest BCUT2D eigenvalue weighted by Crippen LogP contribution is -2.42. The first kappa shape index (κ1) is 13.9. The van der Waals surface area contributed by atoms with Crippen LogP contribution in [-0.4, -0.2) is 60.4 Å². The summed E-state index contributed by atoms with van der Waals surface area (Å²) in [6.45, 7) is 2.88. The van der Waals surface area contributed by atoms with E-state index in [1.165, 1.54) is 18.8 Å². The number of amides is 1. The summed E-state index contributed by atoms with van der Waals surface area (Å²) < 4.78 is 5.08. The quantitative estimate of drug-likeness (QED) is 0.801. The predicted molar refractivity (Wildman–Crippen MR) is 70.8 cm³/mol. The second kappa shape index (κ2) is 7.16. The highest BCUT2D eigenvalue weighted by molar-refractivity contribution is 5.93. The van der Waals surface area contributed by atoms with Crippen molar-refractivity contribution in [3.05, 3.63) is 24.0 Å². The minimum Gasteiger partial charge on any atom is -0.383 e. The van der Waals surface area contributed by atoms with Gasteiger partial charge in [-0.3, -0.25) is 4.79 Å². The van der Waals surface area contributed by atoms with Gasteiger partial charge in [-0.05, 0) is 25.5 Å². The van der Waals surface area contributed by atoms with Crippen LogP contribution in [0.2, 0.25) is 0 Å². The van der Waals surface area contributed by atoms with E-state index in [4.69, 9.17) is 4.74 Å². The zero-order chi connectivity index (χ0) is 13.5. The van der Waals surface area contributed by atoms with E-state index < -0.39 is 0 Å². The average molecular weight is 264 g/mol. The standard InChI is InChI=1S/C13H20N4O2/c1-19-8-7-17(10-12-3-2-5-14-12)13(18)11-4-6-15-16-9-11/h4,6,9,12,14H,2-3,5,7-8,10H2,1H3. The Morgan fingerprint density at radius 1 is 1.58 bits per heavy atom. The van der Waals surface area contributed by atoms with Gasteiger partial charge in [0.05, 0.1) is 24.6 Å². The van der Waals surface area contributed by atoms with Crippen molar-refractivity contribution in [2.45, 2.75) is 18.9 Å². The molecule has 0 aromatic carbocycles. The van der Waals surface area contributed by atoms with Gasteiger partial charge in [-0.15, -0.1) is 0 Å². The number of rotatable bonds is 6. The molecule has 104 valence electrons. The van der Waals surface area contributed by atoms with Crippen molar-refractivity contribution in [1.82, 2.24) is 20.4 Å². The van der Waals surface area contributed by atoms with Crippen LogP contribution in [0.3, 0.4) is 0 Å². The van der Waals surface area contributed by atoms with Crippen molar-refractivity contribution in [3.63, 3.8) is 0 Å². The molecule has 1 fully saturated rings. The van der Waals surface area contributed by atoms with Gasteiger partial charge in [0.2, 0.25) is 0 Å². The molecule has 1 aromatic heterocycles. The number of hydrogen-bond donors (Lipinski definition) is 1. The molecule has 2 rings (SSSR count). The van der Waals surface area contributed by atoms with Crippen molar-refractivity contribution >= 4 is 5.91 Å². The van der Waals surface area contributed by atoms with E-state index >= 15 is 0 Å². The van der Waals surface area contributed by atoms with Gasteiger partial charge in [-0.25, -0.2) is 0 Å². The highest BCUT2D eigenvalue weighted by Crippen LogP contribution is 2.09. The number of carbonyl (C=O) groups is 1. The fraction of sp³-hybridized carbons (Fsp3) is 0.615. The molecule has 1 aliphatic heterocycles. The van der Waals surface area contributed by atoms with Gasteiger partial charge in [-0.1, -0.05) is 0 Å². The highest BCUT2D eigenvalue weighted by Gasteiger charge is 2.22. The Morgan fingerprint density at radius 3 is 3.11 bits per heavy atom. The molecule has 0 saturated carbocycles. The Labute approximate surface area is 113 Å². The predicted octanol–water partition coefficient (Wildman–Crippen LogP) is 0.317. The Balaban J connectivity index is 2.01. The maximum Gasteiger partial charge on any atom is 0.255 e. The van der Waals surface area contributed by atoms with Gasteiger partial charge < -0.3 is 15.0 Å². The molecule has 1 saturated heterocycles. The molecule has 1 amide bonds. The monoisotopic (exact) mass is 264 g/mol. The molecule has 1 atom stereocenters. The maximum atomic E-state index is 12.4. The van der Waals surface area contributed by atoms with E-state index in [2.05, 4.69) is 15.5 Å². The van der Waals surface area contributed by atoms with E-state index in [1.54, 1.807) is 13.2 Å². The van der Waals surface area contributed by atoms with E-state index in [1.807, 2.05) is 4.90 Å². The molecule has 0 aliphatic carbocycles. The Kier molecular flexibility index (Phi) is 5.23. The molecule has 0 bridgehead atoms. The zero-order valence-corrected chi connectivity index (χ0v) is 11.2. The summed E-state index contributed by atoms with van der Waals surface area (Å²) in [5, 5.41) is 10.9. The number of nitrogens with one attached hydrogen (secondary N) is 1. The maximum absolute atomic E-state index is 12.4. The molecule has 1 N–H and O–H groups in total. The lowest BCUT2D eigenvalue weighted by molar-refractivity contribution is 0.0678. The van der Waals surface area contributed by atoms with E-state index in [9.17, 15) is 4.79 Å². The normalized spacial score (nSPS) is 18.5. The van der Waals surface area contributed by atoms with Gasteiger partial charge >= 0.3 is 0 Å². The van der Waals surface area contributed by atoms with Crippen LogP contribution in [0.15, 0.2) is 18.5 Å². The third-order valence-electron chi connectivity index (χ3n) is 3.29. The summed E-state index contributed by atoms with van der Waals surface area (Å²) >= 11 is 0. The van der Waals surface area contributed by atoms with Crippen LogP contribution in [0.4, 0.5) is 0 Å². The molecule has 19 heavy (non-hydrogen) atoms. The average Bonchev–Trinajstić information content (AvgIpc) is 2.96. The first-order chi connectivity index (χ1) is 9.31. The van der Waals surface area contributed by atoms with Crippen LogP contribution < -0.4 is 5.32 Å². The number of ether oxygens (including phenoxy) is 1. The molecule has 0 spiro atoms. The van der Waals surface area contributed by atoms with Crippen LogP contribution >= 0.6 is 0 Å². The summed E-state index contributed by atoms with van der Waals surface area (Å²) in [4.78, 5) is 14.2. The van der Waals surface area contributed by atoms with Crippen molar-refractivity contribution in [2.75, 3.05) is 33.4 Å². The molecule has 1 aromatic rings. The number of carbonyl (C=O) groups excluding carboxylic acids is 1. The lowest BCUT2D eigenvalue weighted by atomic mass is 10.2. The van der Waals surface area contributed by atoms with Crippen molar-refractivity contribution in [1.29, 1.82) is 0 Å². The number of aromatic nitrogens is 2. The largest absolute Gasteiger partial charge is 0.383 e. The first-order valence-electron chi connectivity index (χ1n) is 6.59. The number of nitrogens with zero attached hydrogens (tertiary/aromatic N) is 3. The third kappa shape index (κ3) is 3.97. The Morgan fingerprint density at radius 2 is 2.47 bits per heavy atom. The molecule has 6 heteroatoms. The van der Waals surface area contributed by atoms with Crippen molar-refractivity contribution < 1.29 is 9.53 Å². The van der Waals surface area contributed by atoms with E-state index in [0.29, 0.717) is 31.3 Å². The van der Waals surface area contributed by atoms with Gasteiger partial charge in [0.25, 0.3) is 5.91 Å². The summed E-state index contributed by atoms with van der Waals surface area (Å²) in [5.41, 5.74) is 0.573. The zero-order valence-electron chi connectivity index (χ0n) is 11.2. The van der Waals surface area contributed by atoms with Gasteiger partial charge in [0.15, 0.2) is 0 Å². The molecule has 6 nitrogen and oxygen atoms in total. The molecule has 1 unspecified atom stereocenters. The summed E-state index contributed by atoms with van der Waals surface area (Å²) in [6, 6.07) is 2.08. The van der Waals surface area contributed by atoms with E-state index in [-0.39, 0.29) is 5.91 Å². The van der Waals surface area contributed by atoms with Gasteiger partial charge in [0.1, 0.15) is 0 Å². The summed E-state index contributed by atoms with van der Waals surface area (Å²) in [6.07, 6.45) is 5.33. The van der Waals surface area contributed by atoms with Crippen LogP contribution in [0.1, 0.15) is 23.2 Å². The second-order valence-electron chi connectivity index (χ2n) is 4.67. The topological polar surface area (TPSA) is 67.3 Å². The van der Waals surface area contributed by atoms with Crippen LogP contribution in [0, 0.1) is 0 Å². The first-order valence-corrected chi connectivity index (χ1v) is 6.59. The number of hydrogen-bond acceptors (Lipinski definition) is 5. The number of methoxy groups -OCH3 is 1. The second-order valence-corrected chi connectivity index (χ2v) is 4.67. The van der Waals surface area contributed by atoms with Gasteiger partial charge in [0, 0.05) is 26.2 Å². The Bertz CT molecular complexity index is 393. The molecular formula is C13H20N4O2. The molecule has 1 aliphatic rings. The smallest absolute Gasteiger partial charge is 0.255 e. The van der Waals surface area contributed by atoms with Crippen LogP contribution in [0.25, 0.3) is 0 Å². The molecule has 0 radical (unpaired) electrons.